The number of nitrogen functional groups attached to an aromatic ring is 1. The van der Waals surface area contributed by atoms with Crippen molar-refractivity contribution in [3.8, 4) is 23.2 Å². The Hall–Kier alpha value is -4.56. The summed E-state index contributed by atoms with van der Waals surface area (Å²) in [7, 11) is 3.10. The van der Waals surface area contributed by atoms with Gasteiger partial charge in [0.2, 0.25) is 0 Å². The number of rotatable bonds is 5. The number of aromatic nitrogens is 2. The van der Waals surface area contributed by atoms with Gasteiger partial charge in [-0.05, 0) is 77.1 Å². The number of benzene rings is 2. The molecule has 17 heteroatoms. The normalized spacial score (nSPS) is 18.2. The van der Waals surface area contributed by atoms with Gasteiger partial charge < -0.3 is 25.6 Å². The zero-order valence-electron chi connectivity index (χ0n) is 30.8. The molecule has 2 aromatic carbocycles. The van der Waals surface area contributed by atoms with E-state index in [9.17, 15) is 32.0 Å². The van der Waals surface area contributed by atoms with Gasteiger partial charge in [0.15, 0.2) is 5.82 Å². The van der Waals surface area contributed by atoms with Gasteiger partial charge in [-0.2, -0.15) is 28.4 Å². The lowest BCUT2D eigenvalue weighted by Gasteiger charge is -2.27. The predicted octanol–water partition coefficient (Wildman–Crippen LogP) is 8.44. The molecule has 3 aliphatic heterocycles. The highest BCUT2D eigenvalue weighted by atomic mass is 32.1. The Kier molecular flexibility index (Phi) is 12.7. The van der Waals surface area contributed by atoms with E-state index in [0.29, 0.717) is 30.0 Å². The van der Waals surface area contributed by atoms with Gasteiger partial charge >= 0.3 is 18.2 Å². The maximum atomic E-state index is 15.9. The number of hydrogen-bond donors (Lipinski definition) is 2. The summed E-state index contributed by atoms with van der Waals surface area (Å²) in [6.45, 7) is 9.79. The SMILES string of the molecule is CC(C)N(C)C(=O)N1CCCC1.CCNc1nc(OC)nc2c(F)c(-c3ccc(F)c4sc(N)c(C#N)c34)c(C(F)(F)F)cc12.FC1CC2CCCN2C1. The highest BCUT2D eigenvalue weighted by molar-refractivity contribution is 7.23. The lowest BCUT2D eigenvalue weighted by Crippen LogP contribution is -2.42. The standard InChI is InChI=1S/C21H14F5N5OS.C9H18N2O.C7H12FN/c1-3-29-19-9-6-11(21(24,25)26)14(15(23)16(9)30-20(31-19)32-2)8-4-5-12(22)17-13(8)10(7-27)18(28)33-17;1-8(2)10(3)9(12)11-6-4-5-7-11;8-6-4-7-2-1-3-9(7)5-6/h4-6H,3,28H2,1-2H3,(H,29,30,31);8H,4-7H2,1-3H3;6-7H,1-5H2. The monoisotopic (exact) mass is 778 g/mol. The zero-order valence-corrected chi connectivity index (χ0v) is 31.6. The average molecular weight is 779 g/mol. The van der Waals surface area contributed by atoms with Crippen LogP contribution >= 0.6 is 11.3 Å². The number of hydrogen-bond acceptors (Lipinski definition) is 9. The second kappa shape index (κ2) is 16.8. The molecule has 0 radical (unpaired) electrons. The van der Waals surface area contributed by atoms with Crippen LogP contribution in [0.3, 0.4) is 0 Å². The first-order valence-corrected chi connectivity index (χ1v) is 18.6. The molecule has 4 aromatic rings. The van der Waals surface area contributed by atoms with Crippen molar-refractivity contribution in [1.29, 1.82) is 5.26 Å². The van der Waals surface area contributed by atoms with Crippen LogP contribution in [0.1, 0.15) is 64.0 Å². The number of ether oxygens (including phenoxy) is 1. The minimum absolute atomic E-state index is 0.0444. The van der Waals surface area contributed by atoms with Gasteiger partial charge in [0.05, 0.1) is 22.9 Å². The number of likely N-dealkylation sites (tertiary alicyclic amines) is 1. The van der Waals surface area contributed by atoms with Crippen molar-refractivity contribution in [3.05, 3.63) is 41.0 Å². The molecule has 0 aliphatic carbocycles. The van der Waals surface area contributed by atoms with Crippen molar-refractivity contribution in [2.45, 2.75) is 77.3 Å². The molecule has 2 aromatic heterocycles. The minimum Gasteiger partial charge on any atom is -0.467 e. The van der Waals surface area contributed by atoms with E-state index in [4.69, 9.17) is 10.5 Å². The number of nitrogens with zero attached hydrogens (tertiary/aromatic N) is 6. The molecule has 2 unspecified atom stereocenters. The first kappa shape index (κ1) is 40.6. The summed E-state index contributed by atoms with van der Waals surface area (Å²) in [6.07, 6.45) is 0.144. The number of nitrogens with two attached hydrogens (primary N) is 1. The summed E-state index contributed by atoms with van der Waals surface area (Å²) in [5.41, 5.74) is 2.59. The Morgan fingerprint density at radius 3 is 2.48 bits per heavy atom. The largest absolute Gasteiger partial charge is 0.467 e. The number of methoxy groups -OCH3 is 1. The summed E-state index contributed by atoms with van der Waals surface area (Å²) in [5, 5.41) is 11.8. The minimum atomic E-state index is -5.00. The Morgan fingerprint density at radius 1 is 1.19 bits per heavy atom. The van der Waals surface area contributed by atoms with Gasteiger partial charge in [-0.25, -0.2) is 18.0 Å². The summed E-state index contributed by atoms with van der Waals surface area (Å²) in [5.74, 6) is -2.15. The lowest BCUT2D eigenvalue weighted by atomic mass is 9.92. The molecule has 3 saturated heterocycles. The third kappa shape index (κ3) is 8.39. The second-order valence-corrected chi connectivity index (χ2v) is 14.7. The molecule has 292 valence electrons. The molecule has 0 bridgehead atoms. The van der Waals surface area contributed by atoms with Crippen molar-refractivity contribution in [3.63, 3.8) is 0 Å². The summed E-state index contributed by atoms with van der Waals surface area (Å²) in [6, 6.07) is 5.24. The lowest BCUT2D eigenvalue weighted by molar-refractivity contribution is -0.137. The van der Waals surface area contributed by atoms with Crippen LogP contribution in [0, 0.1) is 23.0 Å². The Morgan fingerprint density at radius 2 is 1.89 bits per heavy atom. The molecule has 54 heavy (non-hydrogen) atoms. The molecule has 2 amide bonds. The number of carbonyl (C=O) groups excluding carboxylic acids is 1. The summed E-state index contributed by atoms with van der Waals surface area (Å²) >= 11 is 0.698. The van der Waals surface area contributed by atoms with E-state index in [1.54, 1.807) is 17.9 Å². The van der Waals surface area contributed by atoms with E-state index in [0.717, 1.165) is 57.1 Å². The topological polar surface area (TPSA) is 124 Å². The van der Waals surface area contributed by atoms with E-state index in [1.165, 1.54) is 20.0 Å². The number of alkyl halides is 4. The maximum absolute atomic E-state index is 15.9. The van der Waals surface area contributed by atoms with Gasteiger partial charge in [-0.3, -0.25) is 4.90 Å². The number of amides is 2. The molecular weight excluding hydrogens is 735 g/mol. The van der Waals surface area contributed by atoms with E-state index >= 15 is 4.39 Å². The van der Waals surface area contributed by atoms with Crippen molar-refractivity contribution in [2.24, 2.45) is 0 Å². The van der Waals surface area contributed by atoms with E-state index in [2.05, 4.69) is 20.2 Å². The second-order valence-electron chi connectivity index (χ2n) is 13.7. The highest BCUT2D eigenvalue weighted by Crippen LogP contribution is 2.47. The first-order chi connectivity index (χ1) is 25.6. The molecule has 5 heterocycles. The van der Waals surface area contributed by atoms with Gasteiger partial charge in [0, 0.05) is 61.6 Å². The third-order valence-corrected chi connectivity index (χ3v) is 10.9. The molecular formula is C37H44F6N8O2S. The fraction of sp³-hybridized carbons (Fsp3) is 0.514. The molecule has 7 rings (SSSR count). The number of urea groups is 1. The van der Waals surface area contributed by atoms with Crippen molar-refractivity contribution in [2.75, 3.05) is 57.9 Å². The number of thiophene rings is 1. The van der Waals surface area contributed by atoms with Crippen molar-refractivity contribution >= 4 is 49.2 Å². The Bertz CT molecular complexity index is 2010. The van der Waals surface area contributed by atoms with Crippen LogP contribution in [0.5, 0.6) is 6.01 Å². The number of halogens is 6. The van der Waals surface area contributed by atoms with Crippen LogP contribution in [0.4, 0.5) is 42.0 Å². The Balaban J connectivity index is 0.000000215. The number of nitriles is 1. The molecule has 3 N–H and O–H groups in total. The molecule has 0 spiro atoms. The zero-order chi connectivity index (χ0) is 39.5. The molecule has 2 atom stereocenters. The maximum Gasteiger partial charge on any atom is 0.417 e. The van der Waals surface area contributed by atoms with E-state index < -0.39 is 40.6 Å². The Labute approximate surface area is 313 Å². The van der Waals surface area contributed by atoms with Crippen LogP contribution in [0.2, 0.25) is 0 Å². The van der Waals surface area contributed by atoms with Gasteiger partial charge in [0.1, 0.15) is 34.4 Å². The average Bonchev–Trinajstić information content (AvgIpc) is 3.94. The van der Waals surface area contributed by atoms with E-state index in [1.807, 2.05) is 25.8 Å². The number of carbonyl (C=O) groups is 1. The van der Waals surface area contributed by atoms with Crippen LogP contribution in [-0.2, 0) is 6.18 Å². The van der Waals surface area contributed by atoms with E-state index in [-0.39, 0.29) is 56.0 Å². The van der Waals surface area contributed by atoms with Crippen LogP contribution in [-0.4, -0.2) is 95.8 Å². The first-order valence-electron chi connectivity index (χ1n) is 17.8. The molecule has 0 saturated carbocycles. The fourth-order valence-corrected chi connectivity index (χ4v) is 7.92. The number of fused-ring (bicyclic) bond motifs is 3. The van der Waals surface area contributed by atoms with Crippen LogP contribution < -0.4 is 15.8 Å². The molecule has 3 fully saturated rings. The van der Waals surface area contributed by atoms with Crippen LogP contribution in [0.15, 0.2) is 18.2 Å². The van der Waals surface area contributed by atoms with Crippen molar-refractivity contribution < 1.29 is 35.9 Å². The van der Waals surface area contributed by atoms with Gasteiger partial charge in [-0.15, -0.1) is 11.3 Å². The number of anilines is 2. The third-order valence-electron chi connectivity index (χ3n) is 9.85. The number of nitrogens with one attached hydrogen (secondary N) is 1. The van der Waals surface area contributed by atoms with Crippen LogP contribution in [0.25, 0.3) is 32.1 Å². The molecule has 10 nitrogen and oxygen atoms in total. The quantitative estimate of drug-likeness (QED) is 0.194. The van der Waals surface area contributed by atoms with Gasteiger partial charge in [0.25, 0.3) is 0 Å². The fourth-order valence-electron chi connectivity index (χ4n) is 6.97. The molecule has 3 aliphatic rings. The summed E-state index contributed by atoms with van der Waals surface area (Å²) < 4.78 is 90.2. The summed E-state index contributed by atoms with van der Waals surface area (Å²) in [4.78, 5) is 25.5. The predicted molar refractivity (Wildman–Crippen MR) is 198 cm³/mol. The van der Waals surface area contributed by atoms with Crippen molar-refractivity contribution in [1.82, 2.24) is 24.7 Å². The smallest absolute Gasteiger partial charge is 0.417 e. The highest BCUT2D eigenvalue weighted by Gasteiger charge is 2.38. The van der Waals surface area contributed by atoms with Gasteiger partial charge in [-0.1, -0.05) is 6.07 Å².